The number of rotatable bonds is 3. The molecule has 18 heavy (non-hydrogen) atoms. The first-order chi connectivity index (χ1) is 8.54. The quantitative estimate of drug-likeness (QED) is 0.779. The molecule has 0 fully saturated rings. The summed E-state index contributed by atoms with van der Waals surface area (Å²) in [5.74, 6) is 0. The number of hydrogen-bond acceptors (Lipinski definition) is 3. The monoisotopic (exact) mass is 280 g/mol. The van der Waals surface area contributed by atoms with Crippen molar-refractivity contribution in [1.29, 1.82) is 5.41 Å². The number of anilines is 1. The molecule has 0 radical (unpaired) electrons. The van der Waals surface area contributed by atoms with Gasteiger partial charge in [0, 0.05) is 22.5 Å². The van der Waals surface area contributed by atoms with Crippen LogP contribution >= 0.6 is 22.9 Å². The average molecular weight is 281 g/mol. The van der Waals surface area contributed by atoms with Crippen LogP contribution in [-0.4, -0.2) is 12.8 Å². The third-order valence-corrected chi connectivity index (χ3v) is 4.82. The molecular formula is C14H17ClN2S. The normalized spacial score (nSPS) is 15.1. The smallest absolute Gasteiger partial charge is 0.0980 e. The highest BCUT2D eigenvalue weighted by Crippen LogP contribution is 2.35. The first-order valence-corrected chi connectivity index (χ1v) is 7.16. The van der Waals surface area contributed by atoms with Gasteiger partial charge >= 0.3 is 0 Å². The lowest BCUT2D eigenvalue weighted by Crippen LogP contribution is -2.08. The zero-order chi connectivity index (χ0) is 13.3. The summed E-state index contributed by atoms with van der Waals surface area (Å²) in [6.07, 6.45) is 5.57. The van der Waals surface area contributed by atoms with Crippen LogP contribution in [0.2, 0.25) is 0 Å². The average Bonchev–Trinajstić information content (AvgIpc) is 2.65. The zero-order valence-corrected chi connectivity index (χ0v) is 12.4. The molecule has 1 aliphatic rings. The highest BCUT2D eigenvalue weighted by Gasteiger charge is 2.19. The van der Waals surface area contributed by atoms with Crippen LogP contribution in [-0.2, 0) is 0 Å². The molecule has 1 aromatic rings. The second-order valence-electron chi connectivity index (χ2n) is 4.42. The lowest BCUT2D eigenvalue weighted by Gasteiger charge is -2.14. The number of thiophene rings is 1. The van der Waals surface area contributed by atoms with Crippen LogP contribution in [0.4, 0.5) is 5.00 Å². The molecule has 2 nitrogen and oxygen atoms in total. The molecule has 1 heterocycles. The van der Waals surface area contributed by atoms with Gasteiger partial charge in [0.1, 0.15) is 0 Å². The third-order valence-electron chi connectivity index (χ3n) is 3.28. The highest BCUT2D eigenvalue weighted by atomic mass is 35.5. The van der Waals surface area contributed by atoms with Crippen molar-refractivity contribution in [2.24, 2.45) is 0 Å². The maximum absolute atomic E-state index is 8.41. The summed E-state index contributed by atoms with van der Waals surface area (Å²) in [6, 6.07) is 0. The SMILES string of the molecule is CNc1sc(C)c(C)c1C(=N)C1=CC=C(Cl)CC1. The van der Waals surface area contributed by atoms with Crippen LogP contribution in [0.15, 0.2) is 22.8 Å². The van der Waals surface area contributed by atoms with Crippen LogP contribution < -0.4 is 5.32 Å². The van der Waals surface area contributed by atoms with Gasteiger partial charge in [0.25, 0.3) is 0 Å². The molecule has 96 valence electrons. The molecule has 0 amide bonds. The molecule has 0 saturated heterocycles. The summed E-state index contributed by atoms with van der Waals surface area (Å²) in [7, 11) is 1.91. The van der Waals surface area contributed by atoms with Crippen LogP contribution in [0.1, 0.15) is 28.8 Å². The zero-order valence-electron chi connectivity index (χ0n) is 10.9. The molecule has 0 aliphatic heterocycles. The fourth-order valence-electron chi connectivity index (χ4n) is 2.08. The lowest BCUT2D eigenvalue weighted by molar-refractivity contribution is 0.983. The van der Waals surface area contributed by atoms with Crippen molar-refractivity contribution in [2.45, 2.75) is 26.7 Å². The Morgan fingerprint density at radius 2 is 2.06 bits per heavy atom. The lowest BCUT2D eigenvalue weighted by atomic mass is 9.94. The topological polar surface area (TPSA) is 35.9 Å². The van der Waals surface area contributed by atoms with Gasteiger partial charge in [0.15, 0.2) is 0 Å². The van der Waals surface area contributed by atoms with E-state index in [1.54, 1.807) is 11.3 Å². The summed E-state index contributed by atoms with van der Waals surface area (Å²) in [5, 5.41) is 13.6. The Morgan fingerprint density at radius 1 is 1.33 bits per heavy atom. The summed E-state index contributed by atoms with van der Waals surface area (Å²) in [5.41, 5.74) is 3.94. The predicted molar refractivity (Wildman–Crippen MR) is 81.4 cm³/mol. The second kappa shape index (κ2) is 5.29. The number of hydrogen-bond donors (Lipinski definition) is 2. The molecule has 0 saturated carbocycles. The maximum atomic E-state index is 8.41. The van der Waals surface area contributed by atoms with Crippen molar-refractivity contribution in [2.75, 3.05) is 12.4 Å². The Kier molecular flexibility index (Phi) is 3.93. The van der Waals surface area contributed by atoms with E-state index in [0.717, 1.165) is 34.0 Å². The van der Waals surface area contributed by atoms with Crippen LogP contribution in [0.3, 0.4) is 0 Å². The predicted octanol–water partition coefficient (Wildman–Crippen LogP) is 4.62. The van der Waals surface area contributed by atoms with E-state index in [1.807, 2.05) is 19.2 Å². The van der Waals surface area contributed by atoms with Crippen molar-refractivity contribution >= 4 is 33.7 Å². The Labute approximate surface area is 117 Å². The van der Waals surface area contributed by atoms with E-state index in [2.05, 4.69) is 19.2 Å². The molecule has 0 spiro atoms. The van der Waals surface area contributed by atoms with Gasteiger partial charge in [-0.3, -0.25) is 5.41 Å². The largest absolute Gasteiger partial charge is 0.379 e. The molecule has 0 aromatic carbocycles. The molecule has 1 aromatic heterocycles. The minimum atomic E-state index is 0.626. The van der Waals surface area contributed by atoms with E-state index < -0.39 is 0 Å². The van der Waals surface area contributed by atoms with Crippen LogP contribution in [0.5, 0.6) is 0 Å². The molecule has 1 aliphatic carbocycles. The Bertz CT molecular complexity index is 552. The Hall–Kier alpha value is -1.06. The van der Waals surface area contributed by atoms with Crippen molar-refractivity contribution in [3.05, 3.63) is 38.8 Å². The van der Waals surface area contributed by atoms with E-state index in [1.165, 1.54) is 10.4 Å². The summed E-state index contributed by atoms with van der Waals surface area (Å²) in [4.78, 5) is 1.27. The molecule has 0 unspecified atom stereocenters. The van der Waals surface area contributed by atoms with Gasteiger partial charge in [-0.05, 0) is 43.9 Å². The van der Waals surface area contributed by atoms with E-state index >= 15 is 0 Å². The molecule has 0 atom stereocenters. The fourth-order valence-corrected chi connectivity index (χ4v) is 3.26. The van der Waals surface area contributed by atoms with Gasteiger partial charge in [-0.1, -0.05) is 17.7 Å². The highest BCUT2D eigenvalue weighted by molar-refractivity contribution is 7.16. The van der Waals surface area contributed by atoms with Crippen molar-refractivity contribution in [3.63, 3.8) is 0 Å². The van der Waals surface area contributed by atoms with E-state index in [0.29, 0.717) is 5.71 Å². The first kappa shape index (κ1) is 13.4. The maximum Gasteiger partial charge on any atom is 0.0980 e. The van der Waals surface area contributed by atoms with Gasteiger partial charge in [0.2, 0.25) is 0 Å². The molecule has 4 heteroatoms. The molecule has 0 bridgehead atoms. The van der Waals surface area contributed by atoms with Crippen molar-refractivity contribution in [1.82, 2.24) is 0 Å². The minimum absolute atomic E-state index is 0.626. The molecule has 2 N–H and O–H groups in total. The van der Waals surface area contributed by atoms with Crippen molar-refractivity contribution in [3.8, 4) is 0 Å². The number of halogens is 1. The van der Waals surface area contributed by atoms with Crippen LogP contribution in [0, 0.1) is 19.3 Å². The van der Waals surface area contributed by atoms with Gasteiger partial charge in [-0.2, -0.15) is 0 Å². The fraction of sp³-hybridized carbons (Fsp3) is 0.357. The minimum Gasteiger partial charge on any atom is -0.379 e. The molecule has 2 rings (SSSR count). The Morgan fingerprint density at radius 3 is 2.61 bits per heavy atom. The number of allylic oxidation sites excluding steroid dienone is 4. The van der Waals surface area contributed by atoms with E-state index in [9.17, 15) is 0 Å². The number of aryl methyl sites for hydroxylation is 1. The summed E-state index contributed by atoms with van der Waals surface area (Å²) in [6.45, 7) is 4.19. The van der Waals surface area contributed by atoms with E-state index in [4.69, 9.17) is 17.0 Å². The van der Waals surface area contributed by atoms with Gasteiger partial charge < -0.3 is 5.32 Å². The van der Waals surface area contributed by atoms with Crippen LogP contribution in [0.25, 0.3) is 0 Å². The Balaban J connectivity index is 2.41. The third kappa shape index (κ3) is 2.38. The molecular weight excluding hydrogens is 264 g/mol. The van der Waals surface area contributed by atoms with E-state index in [-0.39, 0.29) is 0 Å². The standard InChI is InChI=1S/C14H17ClN2S/c1-8-9(2)18-14(17-3)12(8)13(16)10-4-6-11(15)7-5-10/h4,6,16-17H,5,7H2,1-3H3. The summed E-state index contributed by atoms with van der Waals surface area (Å²) >= 11 is 7.68. The van der Waals surface area contributed by atoms with Gasteiger partial charge in [0.05, 0.1) is 10.7 Å². The second-order valence-corrected chi connectivity index (χ2v) is 6.13. The van der Waals surface area contributed by atoms with Crippen molar-refractivity contribution < 1.29 is 0 Å². The van der Waals surface area contributed by atoms with Gasteiger partial charge in [-0.15, -0.1) is 11.3 Å². The van der Waals surface area contributed by atoms with Gasteiger partial charge in [-0.25, -0.2) is 0 Å². The summed E-state index contributed by atoms with van der Waals surface area (Å²) < 4.78 is 0. The first-order valence-electron chi connectivity index (χ1n) is 5.97. The number of nitrogens with one attached hydrogen (secondary N) is 2.